The largest absolute Gasteiger partial charge is 0.497 e. The molecule has 0 spiro atoms. The Balaban J connectivity index is 1.46. The molecular formula is C22H26N4O4. The molecule has 1 N–H and O–H groups in total. The molecule has 2 fully saturated rings. The molecule has 3 heterocycles. The minimum atomic E-state index is -0.219. The third-order valence-corrected chi connectivity index (χ3v) is 5.96. The van der Waals surface area contributed by atoms with Gasteiger partial charge in [0.2, 0.25) is 0 Å². The van der Waals surface area contributed by atoms with Gasteiger partial charge in [-0.05, 0) is 44.7 Å². The maximum Gasteiger partial charge on any atom is 0.271 e. The predicted octanol–water partition coefficient (Wildman–Crippen LogP) is 2.37. The Bertz CT molecular complexity index is 933. The van der Waals surface area contributed by atoms with Crippen molar-refractivity contribution in [3.8, 4) is 11.5 Å². The van der Waals surface area contributed by atoms with E-state index in [2.05, 4.69) is 15.3 Å². The van der Waals surface area contributed by atoms with Crippen LogP contribution in [-0.2, 0) is 0 Å². The van der Waals surface area contributed by atoms with E-state index in [-0.39, 0.29) is 29.9 Å². The van der Waals surface area contributed by atoms with Crippen molar-refractivity contribution in [2.75, 3.05) is 14.2 Å². The summed E-state index contributed by atoms with van der Waals surface area (Å²) < 4.78 is 10.7. The lowest BCUT2D eigenvalue weighted by Gasteiger charge is -2.39. The minimum absolute atomic E-state index is 0.0138. The molecule has 0 radical (unpaired) electrons. The Kier molecular flexibility index (Phi) is 5.57. The molecule has 1 aromatic carbocycles. The predicted molar refractivity (Wildman–Crippen MR) is 110 cm³/mol. The van der Waals surface area contributed by atoms with Crippen LogP contribution < -0.4 is 14.8 Å². The smallest absolute Gasteiger partial charge is 0.271 e. The highest BCUT2D eigenvalue weighted by Gasteiger charge is 2.44. The maximum atomic E-state index is 13.3. The fourth-order valence-corrected chi connectivity index (χ4v) is 4.51. The molecule has 158 valence electrons. The summed E-state index contributed by atoms with van der Waals surface area (Å²) in [6.07, 6.45) is 6.41. The van der Waals surface area contributed by atoms with Crippen LogP contribution in [0.3, 0.4) is 0 Å². The average Bonchev–Trinajstić information content (AvgIpc) is 3.03. The third-order valence-electron chi connectivity index (χ3n) is 5.96. The number of carbonyl (C=O) groups is 2. The molecule has 4 rings (SSSR count). The Morgan fingerprint density at radius 3 is 2.40 bits per heavy atom. The van der Waals surface area contributed by atoms with Crippen LogP contribution in [0.4, 0.5) is 0 Å². The van der Waals surface area contributed by atoms with Gasteiger partial charge in [-0.3, -0.25) is 14.6 Å². The summed E-state index contributed by atoms with van der Waals surface area (Å²) in [7, 11) is 3.13. The van der Waals surface area contributed by atoms with Crippen molar-refractivity contribution >= 4 is 11.8 Å². The first-order valence-electron chi connectivity index (χ1n) is 10.1. The second kappa shape index (κ2) is 8.30. The summed E-state index contributed by atoms with van der Waals surface area (Å²) in [6.45, 7) is 1.83. The van der Waals surface area contributed by atoms with Crippen molar-refractivity contribution in [2.45, 2.75) is 50.7 Å². The Morgan fingerprint density at radius 1 is 1.07 bits per heavy atom. The first-order valence-corrected chi connectivity index (χ1v) is 10.1. The topological polar surface area (TPSA) is 93.7 Å². The van der Waals surface area contributed by atoms with E-state index in [1.165, 1.54) is 6.20 Å². The number of hydrogen-bond acceptors (Lipinski definition) is 6. The summed E-state index contributed by atoms with van der Waals surface area (Å²) in [5.74, 6) is 0.902. The van der Waals surface area contributed by atoms with Gasteiger partial charge < -0.3 is 19.7 Å². The minimum Gasteiger partial charge on any atom is -0.497 e. The number of benzene rings is 1. The van der Waals surface area contributed by atoms with Crippen LogP contribution in [0, 0.1) is 6.92 Å². The standard InChI is InChI=1S/C22H26N4O4/c1-13-11-24-19(12-23-13)21(27)25-14-8-15-4-5-16(9-14)26(15)22(28)18-7-6-17(29-2)10-20(18)30-3/h6-7,10-12,14-16H,4-5,8-9H2,1-3H3,(H,25,27). The van der Waals surface area contributed by atoms with Gasteiger partial charge in [-0.2, -0.15) is 0 Å². The molecule has 2 aromatic rings. The van der Waals surface area contributed by atoms with Crippen LogP contribution in [-0.4, -0.2) is 59.0 Å². The van der Waals surface area contributed by atoms with Crippen LogP contribution >= 0.6 is 0 Å². The fourth-order valence-electron chi connectivity index (χ4n) is 4.51. The fraction of sp³-hybridized carbons (Fsp3) is 0.455. The van der Waals surface area contributed by atoms with Crippen LogP contribution in [0.5, 0.6) is 11.5 Å². The van der Waals surface area contributed by atoms with E-state index >= 15 is 0 Å². The lowest BCUT2D eigenvalue weighted by molar-refractivity contribution is 0.0546. The van der Waals surface area contributed by atoms with Crippen molar-refractivity contribution in [3.63, 3.8) is 0 Å². The summed E-state index contributed by atoms with van der Waals surface area (Å²) in [5.41, 5.74) is 1.62. The number of amides is 2. The lowest BCUT2D eigenvalue weighted by atomic mass is 9.96. The molecule has 0 aliphatic carbocycles. The number of aromatic nitrogens is 2. The molecule has 2 saturated heterocycles. The lowest BCUT2D eigenvalue weighted by Crippen LogP contribution is -2.52. The highest BCUT2D eigenvalue weighted by atomic mass is 16.5. The SMILES string of the molecule is COc1ccc(C(=O)N2C3CCC2CC(NC(=O)c2cnc(C)cn2)C3)c(OC)c1. The number of methoxy groups -OCH3 is 2. The van der Waals surface area contributed by atoms with Crippen molar-refractivity contribution in [2.24, 2.45) is 0 Å². The quantitative estimate of drug-likeness (QED) is 0.813. The molecule has 2 atom stereocenters. The summed E-state index contributed by atoms with van der Waals surface area (Å²) in [6, 6.07) is 5.45. The van der Waals surface area contributed by atoms with E-state index in [0.717, 1.165) is 31.4 Å². The molecule has 0 saturated carbocycles. The molecular weight excluding hydrogens is 384 g/mol. The number of rotatable bonds is 5. The molecule has 1 aromatic heterocycles. The third kappa shape index (κ3) is 3.81. The highest BCUT2D eigenvalue weighted by molar-refractivity contribution is 5.98. The zero-order valence-electron chi connectivity index (χ0n) is 17.4. The van der Waals surface area contributed by atoms with Gasteiger partial charge in [0.1, 0.15) is 17.2 Å². The molecule has 2 amide bonds. The molecule has 2 bridgehead atoms. The number of carbonyl (C=O) groups excluding carboxylic acids is 2. The van der Waals surface area contributed by atoms with Gasteiger partial charge in [0, 0.05) is 30.4 Å². The maximum absolute atomic E-state index is 13.3. The van der Waals surface area contributed by atoms with Crippen LogP contribution in [0.2, 0.25) is 0 Å². The van der Waals surface area contributed by atoms with E-state index in [4.69, 9.17) is 9.47 Å². The first kappa shape index (κ1) is 20.1. The van der Waals surface area contributed by atoms with Gasteiger partial charge in [0.25, 0.3) is 11.8 Å². The number of fused-ring (bicyclic) bond motifs is 2. The summed E-state index contributed by atoms with van der Waals surface area (Å²) in [4.78, 5) is 36.1. The molecule has 2 unspecified atom stereocenters. The second-order valence-electron chi connectivity index (χ2n) is 7.85. The summed E-state index contributed by atoms with van der Waals surface area (Å²) >= 11 is 0. The number of ether oxygens (including phenoxy) is 2. The van der Waals surface area contributed by atoms with Gasteiger partial charge in [-0.15, -0.1) is 0 Å². The van der Waals surface area contributed by atoms with Gasteiger partial charge in [0.15, 0.2) is 0 Å². The molecule has 2 aliphatic heterocycles. The molecule has 8 nitrogen and oxygen atoms in total. The van der Waals surface area contributed by atoms with Crippen molar-refractivity contribution in [1.82, 2.24) is 20.2 Å². The van der Waals surface area contributed by atoms with Crippen LogP contribution in [0.15, 0.2) is 30.6 Å². The van der Waals surface area contributed by atoms with Crippen LogP contribution in [0.1, 0.15) is 52.2 Å². The Hall–Kier alpha value is -3.16. The van der Waals surface area contributed by atoms with Gasteiger partial charge in [-0.25, -0.2) is 4.98 Å². The molecule has 2 aliphatic rings. The number of nitrogens with one attached hydrogen (secondary N) is 1. The van der Waals surface area contributed by atoms with Crippen molar-refractivity contribution in [3.05, 3.63) is 47.5 Å². The molecule has 30 heavy (non-hydrogen) atoms. The zero-order valence-corrected chi connectivity index (χ0v) is 17.4. The van der Waals surface area contributed by atoms with Crippen molar-refractivity contribution in [1.29, 1.82) is 0 Å². The first-order chi connectivity index (χ1) is 14.5. The number of nitrogens with zero attached hydrogens (tertiary/aromatic N) is 3. The van der Waals surface area contributed by atoms with E-state index in [1.807, 2.05) is 11.8 Å². The zero-order chi connectivity index (χ0) is 21.3. The van der Waals surface area contributed by atoms with Gasteiger partial charge >= 0.3 is 0 Å². The molecule has 8 heteroatoms. The van der Waals surface area contributed by atoms with Gasteiger partial charge in [0.05, 0.1) is 31.7 Å². The van der Waals surface area contributed by atoms with E-state index in [1.54, 1.807) is 38.6 Å². The number of hydrogen-bond donors (Lipinski definition) is 1. The monoisotopic (exact) mass is 410 g/mol. The van der Waals surface area contributed by atoms with Gasteiger partial charge in [-0.1, -0.05) is 0 Å². The number of piperidine rings is 1. The number of aryl methyl sites for hydroxylation is 1. The second-order valence-corrected chi connectivity index (χ2v) is 7.85. The Morgan fingerprint density at radius 2 is 1.80 bits per heavy atom. The highest BCUT2D eigenvalue weighted by Crippen LogP contribution is 2.38. The van der Waals surface area contributed by atoms with Crippen molar-refractivity contribution < 1.29 is 19.1 Å². The van der Waals surface area contributed by atoms with E-state index in [0.29, 0.717) is 22.8 Å². The summed E-state index contributed by atoms with van der Waals surface area (Å²) in [5, 5.41) is 3.07. The Labute approximate surface area is 175 Å². The van der Waals surface area contributed by atoms with E-state index in [9.17, 15) is 9.59 Å². The normalized spacial score (nSPS) is 22.5. The van der Waals surface area contributed by atoms with E-state index < -0.39 is 0 Å². The average molecular weight is 410 g/mol. The van der Waals surface area contributed by atoms with Crippen LogP contribution in [0.25, 0.3) is 0 Å².